The Morgan fingerprint density at radius 2 is 1.88 bits per heavy atom. The molecule has 0 aliphatic heterocycles. The monoisotopic (exact) mass is 469 g/mol. The highest BCUT2D eigenvalue weighted by molar-refractivity contribution is 7.08. The van der Waals surface area contributed by atoms with Crippen LogP contribution >= 0.6 is 11.3 Å². The van der Waals surface area contributed by atoms with Crippen LogP contribution in [-0.4, -0.2) is 15.5 Å². The number of aromatic nitrogens is 2. The van der Waals surface area contributed by atoms with Crippen LogP contribution in [0.15, 0.2) is 96.1 Å². The van der Waals surface area contributed by atoms with E-state index >= 15 is 0 Å². The van der Waals surface area contributed by atoms with Crippen LogP contribution < -0.4 is 5.32 Å². The maximum absolute atomic E-state index is 13.4. The summed E-state index contributed by atoms with van der Waals surface area (Å²) in [5.74, 6) is -0.313. The minimum atomic E-state index is -0.239. The molecule has 3 heterocycles. The van der Waals surface area contributed by atoms with Crippen molar-refractivity contribution in [3.05, 3.63) is 124 Å². The van der Waals surface area contributed by atoms with Gasteiger partial charge in [0, 0.05) is 54.9 Å². The quantitative estimate of drug-likeness (QED) is 0.297. The molecule has 0 aliphatic carbocycles. The van der Waals surface area contributed by atoms with Gasteiger partial charge >= 0.3 is 0 Å². The Kier molecular flexibility index (Phi) is 6.49. The second kappa shape index (κ2) is 10.0. The van der Waals surface area contributed by atoms with Crippen molar-refractivity contribution in [3.8, 4) is 0 Å². The molecular weight excluding hydrogens is 445 g/mol. The Balaban J connectivity index is 1.45. The molecule has 1 N–H and O–H groups in total. The van der Waals surface area contributed by atoms with Gasteiger partial charge in [0.2, 0.25) is 5.91 Å². The fourth-order valence-electron chi connectivity index (χ4n) is 4.31. The summed E-state index contributed by atoms with van der Waals surface area (Å²) in [7, 11) is 0. The van der Waals surface area contributed by atoms with E-state index in [0.717, 1.165) is 33.2 Å². The molecule has 1 atom stereocenters. The fraction of sp³-hybridized carbons (Fsp3) is 0.143. The van der Waals surface area contributed by atoms with E-state index in [0.29, 0.717) is 19.5 Å². The van der Waals surface area contributed by atoms with Crippen LogP contribution in [0.3, 0.4) is 0 Å². The number of fused-ring (bicyclic) bond motifs is 1. The van der Waals surface area contributed by atoms with Crippen molar-refractivity contribution in [1.82, 2.24) is 14.9 Å². The van der Waals surface area contributed by atoms with Crippen molar-refractivity contribution in [3.63, 3.8) is 0 Å². The lowest BCUT2D eigenvalue weighted by Crippen LogP contribution is -2.24. The number of pyridine rings is 1. The van der Waals surface area contributed by atoms with Gasteiger partial charge in [0.25, 0.3) is 0 Å². The highest BCUT2D eigenvalue weighted by atomic mass is 32.1. The molecule has 170 valence electrons. The molecule has 3 aromatic heterocycles. The van der Waals surface area contributed by atoms with Gasteiger partial charge in [-0.1, -0.05) is 36.4 Å². The molecule has 4 nitrogen and oxygen atoms in total. The zero-order valence-corrected chi connectivity index (χ0v) is 19.3. The Bertz CT molecular complexity index is 1380. The van der Waals surface area contributed by atoms with E-state index in [-0.39, 0.29) is 17.6 Å². The first-order valence-electron chi connectivity index (χ1n) is 11.2. The topological polar surface area (TPSA) is 46.9 Å². The average Bonchev–Trinajstić information content (AvgIpc) is 3.52. The predicted molar refractivity (Wildman–Crippen MR) is 134 cm³/mol. The third kappa shape index (κ3) is 4.92. The zero-order valence-electron chi connectivity index (χ0n) is 18.5. The van der Waals surface area contributed by atoms with Crippen molar-refractivity contribution in [2.24, 2.45) is 0 Å². The average molecular weight is 470 g/mol. The molecule has 0 saturated heterocycles. The van der Waals surface area contributed by atoms with Gasteiger partial charge in [0.15, 0.2) is 0 Å². The Labute approximate surface area is 201 Å². The summed E-state index contributed by atoms with van der Waals surface area (Å²) >= 11 is 1.63. The van der Waals surface area contributed by atoms with Gasteiger partial charge in [-0.05, 0) is 63.3 Å². The SMILES string of the molecule is O=C(CC(c1ccsc1)c1cn(Cc2ccc(F)cc2)c2ccccc12)NCc1cccnc1. The molecule has 0 spiro atoms. The van der Waals surface area contributed by atoms with Crippen LogP contribution in [0.25, 0.3) is 10.9 Å². The zero-order chi connectivity index (χ0) is 23.3. The number of rotatable bonds is 8. The van der Waals surface area contributed by atoms with E-state index in [1.54, 1.807) is 23.7 Å². The van der Waals surface area contributed by atoms with Gasteiger partial charge in [0.1, 0.15) is 5.82 Å². The van der Waals surface area contributed by atoms with E-state index in [1.165, 1.54) is 12.1 Å². The maximum atomic E-state index is 13.4. The standard InChI is InChI=1S/C28H24FN3OS/c29-23-9-7-20(8-10-23)17-32-18-26(24-5-1-2-6-27(24)32)25(22-11-13-34-19-22)14-28(33)31-16-21-4-3-12-30-15-21/h1-13,15,18-19,25H,14,16-17H2,(H,31,33). The molecule has 5 rings (SSSR count). The summed E-state index contributed by atoms with van der Waals surface area (Å²) in [5.41, 5.74) is 5.34. The van der Waals surface area contributed by atoms with Gasteiger partial charge in [0.05, 0.1) is 0 Å². The fourth-order valence-corrected chi connectivity index (χ4v) is 5.03. The summed E-state index contributed by atoms with van der Waals surface area (Å²) in [6.45, 7) is 1.08. The molecule has 2 aromatic carbocycles. The summed E-state index contributed by atoms with van der Waals surface area (Å²) < 4.78 is 15.6. The van der Waals surface area contributed by atoms with Crippen molar-refractivity contribution in [2.75, 3.05) is 0 Å². The Morgan fingerprint density at radius 3 is 2.65 bits per heavy atom. The highest BCUT2D eigenvalue weighted by Crippen LogP contribution is 2.36. The highest BCUT2D eigenvalue weighted by Gasteiger charge is 2.23. The number of nitrogens with one attached hydrogen (secondary N) is 1. The third-order valence-electron chi connectivity index (χ3n) is 6.01. The van der Waals surface area contributed by atoms with E-state index in [4.69, 9.17) is 0 Å². The summed E-state index contributed by atoms with van der Waals surface area (Å²) in [4.78, 5) is 17.1. The normalized spacial score (nSPS) is 12.0. The lowest BCUT2D eigenvalue weighted by molar-refractivity contribution is -0.121. The molecule has 1 amide bonds. The number of nitrogens with zero attached hydrogens (tertiary/aromatic N) is 2. The van der Waals surface area contributed by atoms with Crippen LogP contribution in [0.5, 0.6) is 0 Å². The van der Waals surface area contributed by atoms with E-state index in [1.807, 2.05) is 41.8 Å². The molecule has 5 aromatic rings. The Hall–Kier alpha value is -3.77. The first-order chi connectivity index (χ1) is 16.7. The second-order valence-electron chi connectivity index (χ2n) is 8.31. The maximum Gasteiger partial charge on any atom is 0.221 e. The number of carbonyl (C=O) groups excluding carboxylic acids is 1. The smallest absolute Gasteiger partial charge is 0.221 e. The largest absolute Gasteiger partial charge is 0.352 e. The lowest BCUT2D eigenvalue weighted by atomic mass is 9.89. The molecule has 0 radical (unpaired) electrons. The number of amides is 1. The van der Waals surface area contributed by atoms with Crippen LogP contribution in [0.1, 0.15) is 34.6 Å². The van der Waals surface area contributed by atoms with Crippen molar-refractivity contribution in [2.45, 2.75) is 25.4 Å². The molecule has 0 saturated carbocycles. The van der Waals surface area contributed by atoms with Crippen molar-refractivity contribution in [1.29, 1.82) is 0 Å². The third-order valence-corrected chi connectivity index (χ3v) is 6.71. The van der Waals surface area contributed by atoms with Gasteiger partial charge in [-0.15, -0.1) is 0 Å². The molecule has 0 aliphatic rings. The summed E-state index contributed by atoms with van der Waals surface area (Å²) in [6.07, 6.45) is 5.98. The number of carbonyl (C=O) groups is 1. The van der Waals surface area contributed by atoms with Gasteiger partial charge in [-0.25, -0.2) is 4.39 Å². The molecule has 0 bridgehead atoms. The first kappa shape index (κ1) is 22.0. The van der Waals surface area contributed by atoms with E-state index in [9.17, 15) is 9.18 Å². The number of para-hydroxylation sites is 1. The minimum absolute atomic E-state index is 0.00424. The summed E-state index contributed by atoms with van der Waals surface area (Å²) in [6, 6.07) is 20.8. The lowest BCUT2D eigenvalue weighted by Gasteiger charge is -2.16. The van der Waals surface area contributed by atoms with Gasteiger partial charge in [-0.2, -0.15) is 11.3 Å². The first-order valence-corrected chi connectivity index (χ1v) is 12.1. The van der Waals surface area contributed by atoms with Gasteiger partial charge < -0.3 is 9.88 Å². The molecule has 34 heavy (non-hydrogen) atoms. The van der Waals surface area contributed by atoms with E-state index in [2.05, 4.69) is 44.6 Å². The van der Waals surface area contributed by atoms with Crippen LogP contribution in [0.4, 0.5) is 4.39 Å². The minimum Gasteiger partial charge on any atom is -0.352 e. The Morgan fingerprint density at radius 1 is 1.03 bits per heavy atom. The van der Waals surface area contributed by atoms with Gasteiger partial charge in [-0.3, -0.25) is 9.78 Å². The number of hydrogen-bond donors (Lipinski definition) is 1. The molecular formula is C28H24FN3OS. The second-order valence-corrected chi connectivity index (χ2v) is 9.09. The molecule has 6 heteroatoms. The summed E-state index contributed by atoms with van der Waals surface area (Å²) in [5, 5.41) is 8.33. The molecule has 0 fully saturated rings. The van der Waals surface area contributed by atoms with Crippen LogP contribution in [-0.2, 0) is 17.9 Å². The predicted octanol–water partition coefficient (Wildman–Crippen LogP) is 6.12. The van der Waals surface area contributed by atoms with Crippen LogP contribution in [0.2, 0.25) is 0 Å². The number of benzene rings is 2. The number of thiophene rings is 1. The molecule has 1 unspecified atom stereocenters. The number of halogens is 1. The van der Waals surface area contributed by atoms with Crippen molar-refractivity contribution >= 4 is 28.1 Å². The van der Waals surface area contributed by atoms with Crippen molar-refractivity contribution < 1.29 is 9.18 Å². The van der Waals surface area contributed by atoms with Crippen LogP contribution in [0, 0.1) is 5.82 Å². The number of hydrogen-bond acceptors (Lipinski definition) is 3. The van der Waals surface area contributed by atoms with E-state index < -0.39 is 0 Å².